The van der Waals surface area contributed by atoms with Crippen LogP contribution in [0.25, 0.3) is 22.1 Å². The molecule has 0 N–H and O–H groups in total. The molecule has 2 aromatic heterocycles. The number of fused-ring (bicyclic) bond motifs is 2. The van der Waals surface area contributed by atoms with E-state index in [-0.39, 0.29) is 0 Å². The highest BCUT2D eigenvalue weighted by molar-refractivity contribution is 14.1. The fourth-order valence-corrected chi connectivity index (χ4v) is 4.87. The highest BCUT2D eigenvalue weighted by Crippen LogP contribution is 2.27. The minimum absolute atomic E-state index is 0.664. The van der Waals surface area contributed by atoms with Crippen LogP contribution in [0.3, 0.4) is 0 Å². The lowest BCUT2D eigenvalue weighted by Gasteiger charge is -2.02. The highest BCUT2D eigenvalue weighted by atomic mass is 127. The van der Waals surface area contributed by atoms with E-state index in [4.69, 9.17) is 0 Å². The predicted octanol–water partition coefficient (Wildman–Crippen LogP) is 10.2. The molecule has 4 nitrogen and oxygen atoms in total. The molecule has 0 spiro atoms. The van der Waals surface area contributed by atoms with E-state index in [0.29, 0.717) is 0 Å². The van der Waals surface area contributed by atoms with Crippen molar-refractivity contribution in [2.24, 2.45) is 0 Å². The van der Waals surface area contributed by atoms with Crippen molar-refractivity contribution in [2.45, 2.75) is 0 Å². The van der Waals surface area contributed by atoms with E-state index in [1.54, 1.807) is 24.8 Å². The van der Waals surface area contributed by atoms with Crippen LogP contribution < -0.4 is 0 Å². The van der Waals surface area contributed by atoms with Crippen LogP contribution in [0.15, 0.2) is 73.3 Å². The second-order valence-corrected chi connectivity index (χ2v) is 12.2. The number of rotatable bonds is 0. The molecule has 228 valence electrons. The fraction of sp³-hybridized carbons (Fsp3) is 0. The van der Waals surface area contributed by atoms with Crippen LogP contribution in [-0.4, -0.2) is 19.9 Å². The Balaban J connectivity index is 0.000000161. The molecule has 0 bridgehead atoms. The Morgan fingerprint density at radius 2 is 0.477 bits per heavy atom. The molecule has 0 aliphatic heterocycles. The summed E-state index contributed by atoms with van der Waals surface area (Å²) in [5.74, 6) is -10.8. The third-order valence-electron chi connectivity index (χ3n) is 5.06. The first-order chi connectivity index (χ1) is 20.9. The topological polar surface area (TPSA) is 51.6 Å². The van der Waals surface area contributed by atoms with Crippen molar-refractivity contribution >= 4 is 112 Å². The minimum Gasteiger partial charge on any atom is -0.253 e. The summed E-state index contributed by atoms with van der Waals surface area (Å²) in [5.41, 5.74) is 3.80. The van der Waals surface area contributed by atoms with E-state index in [0.717, 1.165) is 22.1 Å². The fourth-order valence-electron chi connectivity index (χ4n) is 2.98. The standard InChI is InChI=1S/2C8H6N2.2C6F4I2/c2*1-2-4-8-7(3-1)9-5-6-10-8;2*7-1-2(8)6(12)4(10)3(9)5(1)11/h2*1-6H;;. The summed E-state index contributed by atoms with van der Waals surface area (Å²) in [6.07, 6.45) is 6.79. The van der Waals surface area contributed by atoms with Gasteiger partial charge in [-0.25, -0.2) is 35.1 Å². The molecule has 4 aromatic carbocycles. The maximum Gasteiger partial charge on any atom is 0.176 e. The van der Waals surface area contributed by atoms with E-state index in [9.17, 15) is 35.1 Å². The molecule has 6 aromatic rings. The van der Waals surface area contributed by atoms with Crippen molar-refractivity contribution in [1.82, 2.24) is 19.9 Å². The summed E-state index contributed by atoms with van der Waals surface area (Å²) in [4.78, 5) is 16.5. The normalized spacial score (nSPS) is 10.3. The van der Waals surface area contributed by atoms with Crippen LogP contribution in [0.1, 0.15) is 0 Å². The molecule has 0 atom stereocenters. The number of para-hydroxylation sites is 4. The molecule has 0 saturated carbocycles. The second kappa shape index (κ2) is 17.0. The first-order valence-corrected chi connectivity index (χ1v) is 15.8. The molecule has 0 aliphatic rings. The van der Waals surface area contributed by atoms with Crippen molar-refractivity contribution in [3.63, 3.8) is 0 Å². The van der Waals surface area contributed by atoms with Crippen molar-refractivity contribution in [1.29, 1.82) is 0 Å². The molecule has 44 heavy (non-hydrogen) atoms. The Kier molecular flexibility index (Phi) is 14.1. The zero-order valence-corrected chi connectivity index (χ0v) is 29.9. The number of hydrogen-bond acceptors (Lipinski definition) is 4. The number of halogens is 12. The van der Waals surface area contributed by atoms with Crippen LogP contribution in [-0.2, 0) is 0 Å². The van der Waals surface area contributed by atoms with Crippen molar-refractivity contribution < 1.29 is 35.1 Å². The number of benzene rings is 4. The maximum absolute atomic E-state index is 12.6. The van der Waals surface area contributed by atoms with Gasteiger partial charge in [-0.05, 0) is 115 Å². The van der Waals surface area contributed by atoms with Gasteiger partial charge in [-0.1, -0.05) is 24.3 Å². The summed E-state index contributed by atoms with van der Waals surface area (Å²) in [6, 6.07) is 15.6. The van der Waals surface area contributed by atoms with E-state index >= 15 is 0 Å². The van der Waals surface area contributed by atoms with Gasteiger partial charge >= 0.3 is 0 Å². The third kappa shape index (κ3) is 9.01. The lowest BCUT2D eigenvalue weighted by Crippen LogP contribution is -2.02. The average Bonchev–Trinajstić information content (AvgIpc) is 3.07. The van der Waals surface area contributed by atoms with E-state index in [1.807, 2.05) is 48.5 Å². The quantitative estimate of drug-likeness (QED) is 0.0659. The van der Waals surface area contributed by atoms with E-state index in [1.165, 1.54) is 90.4 Å². The molecular weight excluding hydrogens is 1050 g/mol. The van der Waals surface area contributed by atoms with Gasteiger partial charge in [-0.2, -0.15) is 0 Å². The summed E-state index contributed by atoms with van der Waals surface area (Å²) < 4.78 is 98.5. The minimum atomic E-state index is -1.35. The maximum atomic E-state index is 12.6. The SMILES string of the molecule is Fc1c(F)c(I)c(F)c(F)c1I.Fc1c(F)c(I)c(F)c(F)c1I.c1ccc2nccnc2c1.c1ccc2nccnc2c1. The molecular formula is C28H12F8I4N4. The van der Waals surface area contributed by atoms with E-state index < -0.39 is 60.8 Å². The van der Waals surface area contributed by atoms with Gasteiger partial charge in [0.05, 0.1) is 36.3 Å². The Labute approximate surface area is 298 Å². The van der Waals surface area contributed by atoms with E-state index in [2.05, 4.69) is 19.9 Å². The second-order valence-electron chi connectivity index (χ2n) is 7.86. The van der Waals surface area contributed by atoms with Crippen LogP contribution in [0.4, 0.5) is 35.1 Å². The number of nitrogens with zero attached hydrogens (tertiary/aromatic N) is 4. The van der Waals surface area contributed by atoms with Gasteiger partial charge in [-0.15, -0.1) is 0 Å². The van der Waals surface area contributed by atoms with Gasteiger partial charge in [0, 0.05) is 24.8 Å². The lowest BCUT2D eigenvalue weighted by molar-refractivity contribution is 0.437. The lowest BCUT2D eigenvalue weighted by atomic mass is 10.3. The molecule has 0 aliphatic carbocycles. The monoisotopic (exact) mass is 1060 g/mol. The van der Waals surface area contributed by atoms with Crippen molar-refractivity contribution in [2.75, 3.05) is 0 Å². The summed E-state index contributed by atoms with van der Waals surface area (Å²) in [5, 5.41) is 0. The third-order valence-corrected chi connectivity index (χ3v) is 8.85. The summed E-state index contributed by atoms with van der Waals surface area (Å²) >= 11 is 4.81. The predicted molar refractivity (Wildman–Crippen MR) is 182 cm³/mol. The van der Waals surface area contributed by atoms with Crippen molar-refractivity contribution in [3.8, 4) is 0 Å². The molecule has 0 unspecified atom stereocenters. The van der Waals surface area contributed by atoms with Gasteiger partial charge in [0.2, 0.25) is 0 Å². The Morgan fingerprint density at radius 1 is 0.318 bits per heavy atom. The van der Waals surface area contributed by atoms with Gasteiger partial charge in [0.1, 0.15) is 0 Å². The van der Waals surface area contributed by atoms with Gasteiger partial charge in [-0.3, -0.25) is 19.9 Å². The zero-order chi connectivity index (χ0) is 32.6. The van der Waals surface area contributed by atoms with Crippen molar-refractivity contribution in [3.05, 3.63) is 134 Å². The largest absolute Gasteiger partial charge is 0.253 e. The van der Waals surface area contributed by atoms with Gasteiger partial charge in [0.25, 0.3) is 0 Å². The highest BCUT2D eigenvalue weighted by Gasteiger charge is 2.22. The Morgan fingerprint density at radius 3 is 0.636 bits per heavy atom. The Bertz CT molecular complexity index is 1450. The molecule has 0 saturated heterocycles. The molecule has 2 heterocycles. The average molecular weight is 1060 g/mol. The van der Waals surface area contributed by atoms with Crippen LogP contribution in [0, 0.1) is 60.8 Å². The van der Waals surface area contributed by atoms with Gasteiger partial charge in [0.15, 0.2) is 46.5 Å². The van der Waals surface area contributed by atoms with Crippen LogP contribution >= 0.6 is 90.4 Å². The molecule has 0 amide bonds. The number of hydrogen-bond donors (Lipinski definition) is 0. The summed E-state index contributed by atoms with van der Waals surface area (Å²) in [7, 11) is 0. The molecule has 6 rings (SSSR count). The first-order valence-electron chi connectivity index (χ1n) is 11.5. The molecule has 0 radical (unpaired) electrons. The van der Waals surface area contributed by atoms with Gasteiger partial charge < -0.3 is 0 Å². The smallest absolute Gasteiger partial charge is 0.176 e. The summed E-state index contributed by atoms with van der Waals surface area (Å²) in [6.45, 7) is 0. The number of aromatic nitrogens is 4. The molecule has 16 heteroatoms. The molecule has 0 fully saturated rings. The zero-order valence-electron chi connectivity index (χ0n) is 21.3. The van der Waals surface area contributed by atoms with Crippen LogP contribution in [0.2, 0.25) is 0 Å². The first kappa shape index (κ1) is 36.4. The Hall–Kier alpha value is -2.08. The van der Waals surface area contributed by atoms with Crippen LogP contribution in [0.5, 0.6) is 0 Å².